The molecule has 6 nitrogen and oxygen atoms in total. The molecule has 21 heavy (non-hydrogen) atoms. The number of nitrogens with one attached hydrogen (secondary N) is 1. The van der Waals surface area contributed by atoms with Crippen molar-refractivity contribution < 1.29 is 23.0 Å². The summed E-state index contributed by atoms with van der Waals surface area (Å²) in [7, 11) is -0.0128. The van der Waals surface area contributed by atoms with Crippen LogP contribution in [-0.2, 0) is 9.84 Å². The molecule has 2 N–H and O–H groups in total. The summed E-state index contributed by atoms with van der Waals surface area (Å²) in [6, 6.07) is 4.79. The molecule has 1 aliphatic rings. The van der Waals surface area contributed by atoms with Gasteiger partial charge < -0.3 is 19.9 Å². The predicted octanol–water partition coefficient (Wildman–Crippen LogP) is 0.512. The van der Waals surface area contributed by atoms with Gasteiger partial charge in [-0.1, -0.05) is 0 Å². The number of hydrogen-bond donors (Lipinski definition) is 2. The van der Waals surface area contributed by atoms with Crippen LogP contribution >= 0.6 is 0 Å². The first-order valence-electron chi connectivity index (χ1n) is 6.72. The average Bonchev–Trinajstić information content (AvgIpc) is 2.70. The molecule has 1 aliphatic heterocycles. The zero-order chi connectivity index (χ0) is 15.6. The van der Waals surface area contributed by atoms with Crippen molar-refractivity contribution in [2.45, 2.75) is 25.1 Å². The molecule has 0 bridgehead atoms. The Hall–Kier alpha value is -1.31. The molecule has 1 aromatic rings. The van der Waals surface area contributed by atoms with Gasteiger partial charge in [0.25, 0.3) is 0 Å². The van der Waals surface area contributed by atoms with E-state index in [9.17, 15) is 13.5 Å². The van der Waals surface area contributed by atoms with Crippen LogP contribution in [0.4, 0.5) is 0 Å². The topological polar surface area (TPSA) is 84.9 Å². The maximum Gasteiger partial charge on any atom is 0.154 e. The van der Waals surface area contributed by atoms with Crippen LogP contribution in [0.2, 0.25) is 0 Å². The zero-order valence-electron chi connectivity index (χ0n) is 12.4. The van der Waals surface area contributed by atoms with E-state index >= 15 is 0 Å². The van der Waals surface area contributed by atoms with Crippen molar-refractivity contribution in [2.75, 3.05) is 25.7 Å². The van der Waals surface area contributed by atoms with Gasteiger partial charge in [0, 0.05) is 17.6 Å². The summed E-state index contributed by atoms with van der Waals surface area (Å²) in [5, 5.41) is 13.0. The second-order valence-electron chi connectivity index (χ2n) is 5.25. The predicted molar refractivity (Wildman–Crippen MR) is 79.5 cm³/mol. The number of benzene rings is 1. The SMILES string of the molecule is COc1ccc(OC)c([C@H](C)N[C@@H]2CS(=O)(=O)C[C@H]2O)c1. The van der Waals surface area contributed by atoms with Crippen LogP contribution in [0.15, 0.2) is 18.2 Å². The fraction of sp³-hybridized carbons (Fsp3) is 0.571. The number of rotatable bonds is 5. The average molecular weight is 315 g/mol. The first kappa shape index (κ1) is 16.1. The Morgan fingerprint density at radius 3 is 2.52 bits per heavy atom. The maximum atomic E-state index is 11.5. The van der Waals surface area contributed by atoms with Crippen molar-refractivity contribution in [1.29, 1.82) is 0 Å². The fourth-order valence-electron chi connectivity index (χ4n) is 2.58. The van der Waals surface area contributed by atoms with Crippen molar-refractivity contribution in [2.24, 2.45) is 0 Å². The molecule has 7 heteroatoms. The van der Waals surface area contributed by atoms with Crippen LogP contribution < -0.4 is 14.8 Å². The number of ether oxygens (including phenoxy) is 2. The quantitative estimate of drug-likeness (QED) is 0.824. The number of aliphatic hydroxyl groups is 1. The first-order valence-corrected chi connectivity index (χ1v) is 8.55. The molecule has 118 valence electrons. The molecule has 2 rings (SSSR count). The van der Waals surface area contributed by atoms with Gasteiger partial charge in [0.15, 0.2) is 9.84 Å². The van der Waals surface area contributed by atoms with Gasteiger partial charge in [-0.15, -0.1) is 0 Å². The molecular formula is C14H21NO5S. The molecule has 3 atom stereocenters. The third-order valence-electron chi connectivity index (χ3n) is 3.69. The highest BCUT2D eigenvalue weighted by atomic mass is 32.2. The first-order chi connectivity index (χ1) is 9.86. The van der Waals surface area contributed by atoms with E-state index < -0.39 is 22.0 Å². The third-order valence-corrected chi connectivity index (χ3v) is 5.41. The van der Waals surface area contributed by atoms with Gasteiger partial charge in [0.1, 0.15) is 11.5 Å². The Balaban J connectivity index is 2.18. The van der Waals surface area contributed by atoms with E-state index in [2.05, 4.69) is 5.32 Å². The number of hydrogen-bond acceptors (Lipinski definition) is 6. The fourth-order valence-corrected chi connectivity index (χ4v) is 4.33. The van der Waals surface area contributed by atoms with E-state index in [1.54, 1.807) is 26.4 Å². The maximum absolute atomic E-state index is 11.5. The van der Waals surface area contributed by atoms with E-state index in [0.717, 1.165) is 5.56 Å². The Bertz CT molecular complexity index is 601. The second kappa shape index (κ2) is 6.21. The van der Waals surface area contributed by atoms with Gasteiger partial charge in [0.2, 0.25) is 0 Å². The summed E-state index contributed by atoms with van der Waals surface area (Å²) >= 11 is 0. The highest BCUT2D eigenvalue weighted by Crippen LogP contribution is 2.30. The van der Waals surface area contributed by atoms with Gasteiger partial charge in [-0.25, -0.2) is 8.42 Å². The van der Waals surface area contributed by atoms with E-state index in [1.165, 1.54) is 0 Å². The minimum Gasteiger partial charge on any atom is -0.497 e. The van der Waals surface area contributed by atoms with Gasteiger partial charge in [-0.05, 0) is 25.1 Å². The lowest BCUT2D eigenvalue weighted by Gasteiger charge is -2.23. The van der Waals surface area contributed by atoms with Crippen molar-refractivity contribution in [3.63, 3.8) is 0 Å². The molecule has 1 heterocycles. The number of methoxy groups -OCH3 is 2. The van der Waals surface area contributed by atoms with Crippen molar-refractivity contribution in [3.05, 3.63) is 23.8 Å². The van der Waals surface area contributed by atoms with Crippen LogP contribution in [0.25, 0.3) is 0 Å². The summed E-state index contributed by atoms with van der Waals surface area (Å²) in [4.78, 5) is 0. The lowest BCUT2D eigenvalue weighted by molar-refractivity contribution is 0.160. The summed E-state index contributed by atoms with van der Waals surface area (Å²) in [5.74, 6) is 1.14. The second-order valence-corrected chi connectivity index (χ2v) is 7.40. The summed E-state index contributed by atoms with van der Waals surface area (Å²) in [5.41, 5.74) is 0.855. The standard InChI is InChI=1S/C14H21NO5S/c1-9(15-12-7-21(17,18)8-13(12)16)11-6-10(19-2)4-5-14(11)20-3/h4-6,9,12-13,15-16H,7-8H2,1-3H3/t9-,12+,13+/m0/s1. The van der Waals surface area contributed by atoms with E-state index in [4.69, 9.17) is 9.47 Å². The molecule has 0 saturated carbocycles. The van der Waals surface area contributed by atoms with Gasteiger partial charge in [-0.2, -0.15) is 0 Å². The van der Waals surface area contributed by atoms with Crippen LogP contribution in [0, 0.1) is 0 Å². The smallest absolute Gasteiger partial charge is 0.154 e. The molecule has 0 aromatic heterocycles. The minimum absolute atomic E-state index is 0.0508. The lowest BCUT2D eigenvalue weighted by atomic mass is 10.0. The minimum atomic E-state index is -3.17. The van der Waals surface area contributed by atoms with Crippen molar-refractivity contribution in [1.82, 2.24) is 5.32 Å². The summed E-state index contributed by atoms with van der Waals surface area (Å²) in [6.45, 7) is 1.90. The van der Waals surface area contributed by atoms with Crippen LogP contribution in [0.5, 0.6) is 11.5 Å². The normalized spacial score (nSPS) is 25.5. The van der Waals surface area contributed by atoms with E-state index in [1.807, 2.05) is 13.0 Å². The van der Waals surface area contributed by atoms with Crippen LogP contribution in [0.1, 0.15) is 18.5 Å². The van der Waals surface area contributed by atoms with Crippen molar-refractivity contribution >= 4 is 9.84 Å². The van der Waals surface area contributed by atoms with Gasteiger partial charge in [0.05, 0.1) is 31.8 Å². The Kier molecular flexibility index (Phi) is 4.75. The largest absolute Gasteiger partial charge is 0.497 e. The monoisotopic (exact) mass is 315 g/mol. The molecule has 0 aliphatic carbocycles. The van der Waals surface area contributed by atoms with E-state index in [0.29, 0.717) is 11.5 Å². The molecular weight excluding hydrogens is 294 g/mol. The zero-order valence-corrected chi connectivity index (χ0v) is 13.2. The molecule has 1 saturated heterocycles. The van der Waals surface area contributed by atoms with Crippen LogP contribution in [-0.4, -0.2) is 51.4 Å². The van der Waals surface area contributed by atoms with Gasteiger partial charge >= 0.3 is 0 Å². The molecule has 0 unspecified atom stereocenters. The summed E-state index contributed by atoms with van der Waals surface area (Å²) < 4.78 is 33.6. The summed E-state index contributed by atoms with van der Waals surface area (Å²) in [6.07, 6.45) is -0.881. The number of aliphatic hydroxyl groups excluding tert-OH is 1. The highest BCUT2D eigenvalue weighted by molar-refractivity contribution is 7.91. The third kappa shape index (κ3) is 3.66. The Morgan fingerprint density at radius 1 is 1.29 bits per heavy atom. The van der Waals surface area contributed by atoms with Gasteiger partial charge in [-0.3, -0.25) is 0 Å². The highest BCUT2D eigenvalue weighted by Gasteiger charge is 2.37. The Labute approximate surface area is 125 Å². The lowest BCUT2D eigenvalue weighted by Crippen LogP contribution is -2.40. The molecule has 1 aromatic carbocycles. The van der Waals surface area contributed by atoms with E-state index in [-0.39, 0.29) is 17.5 Å². The molecule has 0 radical (unpaired) electrons. The molecule has 0 spiro atoms. The van der Waals surface area contributed by atoms with Crippen LogP contribution in [0.3, 0.4) is 0 Å². The molecule has 1 fully saturated rings. The molecule has 0 amide bonds. The number of sulfone groups is 1. The Morgan fingerprint density at radius 2 is 2.00 bits per heavy atom. The van der Waals surface area contributed by atoms with Crippen molar-refractivity contribution in [3.8, 4) is 11.5 Å².